The van der Waals surface area contributed by atoms with Crippen LogP contribution in [0.15, 0.2) is 123 Å². The number of rotatable bonds is 18. The number of likely N-dealkylation sites (tertiary alicyclic amines) is 3. The summed E-state index contributed by atoms with van der Waals surface area (Å²) in [6, 6.07) is 40.0. The van der Waals surface area contributed by atoms with Crippen molar-refractivity contribution in [3.63, 3.8) is 0 Å². The number of nitrogens with zero attached hydrogens (tertiary/aromatic N) is 12. The third-order valence-electron chi connectivity index (χ3n) is 18.8. The number of aromatic nitrogens is 6. The number of benzene rings is 6. The molecular weight excluding hydrogens is 1320 g/mol. The van der Waals surface area contributed by atoms with Crippen LogP contribution in [0.3, 0.4) is 0 Å². The molecule has 3 aromatic heterocycles. The number of nitriles is 3. The molecule has 9 aromatic rings. The largest absolute Gasteiger partial charge is 0.490 e. The molecule has 524 valence electrons. The lowest BCUT2D eigenvalue weighted by Crippen LogP contribution is -2.30. The van der Waals surface area contributed by atoms with Gasteiger partial charge in [0.25, 0.3) is 17.7 Å². The molecule has 0 radical (unpaired) electrons. The number of hydrogen-bond acceptors (Lipinski definition) is 22. The monoisotopic (exact) mass is 1400 g/mol. The summed E-state index contributed by atoms with van der Waals surface area (Å²) < 4.78 is 43.9. The van der Waals surface area contributed by atoms with Crippen LogP contribution in [0.4, 0.5) is 3.89 Å². The smallest absolute Gasteiger partial charge is 0.258 e. The van der Waals surface area contributed by atoms with Gasteiger partial charge in [0.05, 0.1) is 72.9 Å². The van der Waals surface area contributed by atoms with Gasteiger partial charge in [0.2, 0.25) is 35.2 Å². The fourth-order valence-electron chi connectivity index (χ4n) is 14.9. The highest BCUT2D eigenvalue weighted by Gasteiger charge is 2.49. The van der Waals surface area contributed by atoms with Crippen molar-refractivity contribution < 1.29 is 61.4 Å². The molecule has 3 aliphatic heterocycles. The van der Waals surface area contributed by atoms with Crippen LogP contribution in [0.2, 0.25) is 0 Å². The second kappa shape index (κ2) is 31.0. The molecule has 2 unspecified atom stereocenters. The summed E-state index contributed by atoms with van der Waals surface area (Å²) in [7, 11) is 0. The number of aliphatic hydroxyl groups is 3. The second-order valence-corrected chi connectivity index (χ2v) is 26.6. The van der Waals surface area contributed by atoms with Crippen molar-refractivity contribution in [1.29, 1.82) is 15.8 Å². The van der Waals surface area contributed by atoms with Crippen molar-refractivity contribution in [2.75, 3.05) is 45.7 Å². The molecule has 26 heteroatoms. The van der Waals surface area contributed by atoms with Crippen LogP contribution in [0, 0.1) is 51.7 Å². The Balaban J connectivity index is 0.000000142. The fourth-order valence-corrected chi connectivity index (χ4v) is 14.9. The molecule has 3 aliphatic carbocycles. The number of carbonyl (C=O) groups excluding carboxylic acids is 3. The summed E-state index contributed by atoms with van der Waals surface area (Å²) in [6.07, 6.45) is 4.98. The maximum absolute atomic E-state index is 12.4. The van der Waals surface area contributed by atoms with Gasteiger partial charge in [-0.2, -0.15) is 34.6 Å². The summed E-state index contributed by atoms with van der Waals surface area (Å²) in [5.74, 6) is 4.81. The molecule has 24 nitrogen and oxygen atoms in total. The normalized spacial score (nSPS) is 18.6. The van der Waals surface area contributed by atoms with Gasteiger partial charge in [-0.3, -0.25) is 14.4 Å². The SMILES string of the molecule is CC(C)Oc1ccc(-c2nc(-c3cccc4c3CC3CC(=O)N(CCO)C43)no2)cc1C#N.CC(C)Oc1ccc(-c2nc(-c3cccc4c3C[C@@H]3CC(=O)N(CCO)[C@H]43)no2)cc1C#N.CC(C)Oc1ccc(-c2nc(-c3cccc4c3C[C@H]3CC(=O)N(CCO)[C@@H]43)no2)cc1C#N.CSF. The Hall–Kier alpha value is -10.8. The maximum atomic E-state index is 12.4. The molecular formula is C76H75FN12O12S. The first-order valence-corrected chi connectivity index (χ1v) is 34.9. The highest BCUT2D eigenvalue weighted by atomic mass is 32.2. The number of halogens is 1. The van der Waals surface area contributed by atoms with E-state index in [0.29, 0.717) is 125 Å². The van der Waals surface area contributed by atoms with Crippen molar-refractivity contribution in [2.24, 2.45) is 17.8 Å². The molecule has 0 bridgehead atoms. The van der Waals surface area contributed by atoms with Crippen LogP contribution in [0.5, 0.6) is 17.2 Å². The van der Waals surface area contributed by atoms with Gasteiger partial charge in [-0.05, 0) is 167 Å². The number of aliphatic hydroxyl groups excluding tert-OH is 3. The van der Waals surface area contributed by atoms with Crippen LogP contribution >= 0.6 is 12.1 Å². The van der Waals surface area contributed by atoms with E-state index in [1.165, 1.54) is 6.26 Å². The summed E-state index contributed by atoms with van der Waals surface area (Å²) >= 11 is 0.250. The van der Waals surface area contributed by atoms with E-state index < -0.39 is 0 Å². The van der Waals surface area contributed by atoms with Crippen molar-refractivity contribution in [1.82, 2.24) is 45.1 Å². The van der Waals surface area contributed by atoms with Crippen LogP contribution in [0.25, 0.3) is 68.5 Å². The lowest BCUT2D eigenvalue weighted by Gasteiger charge is -2.24. The summed E-state index contributed by atoms with van der Waals surface area (Å²) in [4.78, 5) is 56.3. The predicted molar refractivity (Wildman–Crippen MR) is 372 cm³/mol. The molecule has 15 rings (SSSR count). The van der Waals surface area contributed by atoms with Gasteiger partial charge < -0.3 is 57.8 Å². The lowest BCUT2D eigenvalue weighted by atomic mass is 10.0. The lowest BCUT2D eigenvalue weighted by molar-refractivity contribution is -0.130. The van der Waals surface area contributed by atoms with E-state index in [-0.39, 0.29) is 104 Å². The minimum Gasteiger partial charge on any atom is -0.490 e. The number of carbonyl (C=O) groups is 3. The predicted octanol–water partition coefficient (Wildman–Crippen LogP) is 11.7. The molecule has 6 aliphatic rings. The molecule has 102 heavy (non-hydrogen) atoms. The van der Waals surface area contributed by atoms with Gasteiger partial charge in [-0.1, -0.05) is 70.1 Å². The zero-order chi connectivity index (χ0) is 72.0. The molecule has 3 N–H and O–H groups in total. The van der Waals surface area contributed by atoms with E-state index in [1.54, 1.807) is 69.3 Å². The van der Waals surface area contributed by atoms with Gasteiger partial charge >= 0.3 is 0 Å². The first-order valence-electron chi connectivity index (χ1n) is 33.8. The Kier molecular flexibility index (Phi) is 21.6. The molecule has 0 saturated carbocycles. The Morgan fingerprint density at radius 3 is 0.990 bits per heavy atom. The van der Waals surface area contributed by atoms with E-state index in [4.69, 9.17) is 27.8 Å². The number of amides is 3. The quantitative estimate of drug-likeness (QED) is 0.0718. The topological polar surface area (TPSA) is 337 Å². The molecule has 3 saturated heterocycles. The molecule has 0 spiro atoms. The fraction of sp³-hybridized carbons (Fsp3) is 0.368. The van der Waals surface area contributed by atoms with Gasteiger partial charge in [0.15, 0.2) is 0 Å². The van der Waals surface area contributed by atoms with Crippen LogP contribution in [-0.2, 0) is 33.6 Å². The average Bonchev–Trinajstić information content (AvgIpc) is 1.60. The Bertz CT molecular complexity index is 4280. The third-order valence-corrected chi connectivity index (χ3v) is 18.8. The summed E-state index contributed by atoms with van der Waals surface area (Å²) in [5, 5.41) is 69.4. The molecule has 3 fully saturated rings. The summed E-state index contributed by atoms with van der Waals surface area (Å²) in [6.45, 7) is 12.3. The zero-order valence-corrected chi connectivity index (χ0v) is 58.1. The Labute approximate surface area is 592 Å². The van der Waals surface area contributed by atoms with Crippen molar-refractivity contribution in [2.45, 2.75) is 117 Å². The van der Waals surface area contributed by atoms with E-state index in [2.05, 4.69) is 48.6 Å². The molecule has 6 heterocycles. The average molecular weight is 1400 g/mol. The van der Waals surface area contributed by atoms with E-state index >= 15 is 0 Å². The Morgan fingerprint density at radius 2 is 0.745 bits per heavy atom. The Morgan fingerprint density at radius 1 is 0.471 bits per heavy atom. The van der Waals surface area contributed by atoms with Crippen molar-refractivity contribution in [3.05, 3.63) is 159 Å². The van der Waals surface area contributed by atoms with Crippen molar-refractivity contribution >= 4 is 29.9 Å². The molecule has 6 atom stereocenters. The number of fused-ring (bicyclic) bond motifs is 9. The zero-order valence-electron chi connectivity index (χ0n) is 57.2. The standard InChI is InChI=1S/3C25H24N4O4.CH3FS/c3*1-14(2)32-21-7-6-15(10-17(21)13-26)25-27-24(28-33-25)19-5-3-4-18-20(19)11-16-12-22(31)29(8-9-30)23(16)18;1-3-2/h3*3-7,10,14,16,23,30H,8-9,11-12H2,1-2H3;1H3/t2*16-,23+;;/m10../s1. The van der Waals surface area contributed by atoms with Gasteiger partial charge in [0, 0.05) is 90.7 Å². The number of hydrogen-bond donors (Lipinski definition) is 3. The minimum atomic E-state index is -0.0517. The van der Waals surface area contributed by atoms with Crippen LogP contribution in [0.1, 0.15) is 129 Å². The molecule has 6 aromatic carbocycles. The second-order valence-electron chi connectivity index (χ2n) is 26.3. The third kappa shape index (κ3) is 14.3. The van der Waals surface area contributed by atoms with E-state index in [0.717, 1.165) is 69.3 Å². The van der Waals surface area contributed by atoms with Gasteiger partial charge in [-0.25, -0.2) is 0 Å². The minimum absolute atomic E-state index is 0.0161. The van der Waals surface area contributed by atoms with E-state index in [1.807, 2.05) is 96.1 Å². The number of β-amino-alcohol motifs (C(OH)–C–C–N with tert-alkyl or cyclic N) is 3. The summed E-state index contributed by atoms with van der Waals surface area (Å²) in [5.41, 5.74) is 12.4. The van der Waals surface area contributed by atoms with Gasteiger partial charge in [0.1, 0.15) is 35.5 Å². The van der Waals surface area contributed by atoms with E-state index in [9.17, 15) is 49.4 Å². The van der Waals surface area contributed by atoms with Crippen LogP contribution < -0.4 is 14.2 Å². The van der Waals surface area contributed by atoms with Gasteiger partial charge in [-0.15, -0.1) is 0 Å². The number of ether oxygens (including phenoxy) is 3. The maximum Gasteiger partial charge on any atom is 0.258 e. The highest BCUT2D eigenvalue weighted by molar-refractivity contribution is 7.93. The van der Waals surface area contributed by atoms with Crippen LogP contribution in [-0.4, -0.2) is 142 Å². The highest BCUT2D eigenvalue weighted by Crippen LogP contribution is 2.52. The van der Waals surface area contributed by atoms with Crippen molar-refractivity contribution in [3.8, 4) is 104 Å². The molecule has 3 amide bonds. The first-order chi connectivity index (χ1) is 49.4. The first kappa shape index (κ1) is 71.0.